The third kappa shape index (κ3) is 2.49. The van der Waals surface area contributed by atoms with Gasteiger partial charge in [0.05, 0.1) is 12.8 Å². The van der Waals surface area contributed by atoms with Gasteiger partial charge < -0.3 is 10.5 Å². The molecule has 2 rings (SSSR count). The minimum absolute atomic E-state index is 0.630. The van der Waals surface area contributed by atoms with Crippen LogP contribution in [-0.2, 0) is 13.5 Å². The summed E-state index contributed by atoms with van der Waals surface area (Å²) in [5.74, 6) is 0.853. The number of aryl methyl sites for hydroxylation is 2. The van der Waals surface area contributed by atoms with Crippen LogP contribution >= 0.6 is 0 Å². The van der Waals surface area contributed by atoms with Crippen molar-refractivity contribution < 1.29 is 4.74 Å². The number of nitrogens with zero attached hydrogens (tertiary/aromatic N) is 2. The smallest absolute Gasteiger partial charge is 0.128 e. The molecule has 0 aliphatic heterocycles. The fourth-order valence-electron chi connectivity index (χ4n) is 2.41. The number of methoxy groups -OCH3 is 1. The molecule has 0 saturated heterocycles. The summed E-state index contributed by atoms with van der Waals surface area (Å²) >= 11 is 0. The molecule has 1 heterocycles. The van der Waals surface area contributed by atoms with Crippen molar-refractivity contribution in [3.8, 4) is 17.0 Å². The average Bonchev–Trinajstić information content (AvgIpc) is 2.67. The third-order valence-corrected chi connectivity index (χ3v) is 3.42. The van der Waals surface area contributed by atoms with Crippen LogP contribution in [0.4, 0.5) is 0 Å². The van der Waals surface area contributed by atoms with Gasteiger partial charge in [0.1, 0.15) is 5.75 Å². The zero-order chi connectivity index (χ0) is 14.0. The van der Waals surface area contributed by atoms with Crippen molar-refractivity contribution in [2.45, 2.75) is 20.3 Å². The van der Waals surface area contributed by atoms with E-state index < -0.39 is 0 Å². The molecule has 4 heteroatoms. The highest BCUT2D eigenvalue weighted by Crippen LogP contribution is 2.33. The third-order valence-electron chi connectivity index (χ3n) is 3.42. The van der Waals surface area contributed by atoms with Gasteiger partial charge in [-0.05, 0) is 38.1 Å². The van der Waals surface area contributed by atoms with Gasteiger partial charge in [-0.1, -0.05) is 11.6 Å². The fourth-order valence-corrected chi connectivity index (χ4v) is 2.41. The normalized spacial score (nSPS) is 10.8. The molecule has 0 saturated carbocycles. The molecule has 1 aromatic carbocycles. The van der Waals surface area contributed by atoms with E-state index in [4.69, 9.17) is 10.5 Å². The second-order valence-corrected chi connectivity index (χ2v) is 4.79. The van der Waals surface area contributed by atoms with Gasteiger partial charge in [-0.2, -0.15) is 5.10 Å². The molecule has 0 fully saturated rings. The lowest BCUT2D eigenvalue weighted by Gasteiger charge is -2.08. The van der Waals surface area contributed by atoms with Gasteiger partial charge >= 0.3 is 0 Å². The molecule has 2 aromatic rings. The molecule has 0 radical (unpaired) electrons. The summed E-state index contributed by atoms with van der Waals surface area (Å²) in [6.07, 6.45) is 0.837. The van der Waals surface area contributed by atoms with Gasteiger partial charge in [0.15, 0.2) is 0 Å². The molecule has 19 heavy (non-hydrogen) atoms. The highest BCUT2D eigenvalue weighted by molar-refractivity contribution is 5.71. The topological polar surface area (TPSA) is 53.1 Å². The second-order valence-electron chi connectivity index (χ2n) is 4.79. The maximum Gasteiger partial charge on any atom is 0.128 e. The summed E-state index contributed by atoms with van der Waals surface area (Å²) in [5, 5.41) is 4.63. The van der Waals surface area contributed by atoms with Gasteiger partial charge in [0, 0.05) is 24.7 Å². The predicted molar refractivity (Wildman–Crippen MR) is 77.4 cm³/mol. The summed E-state index contributed by atoms with van der Waals surface area (Å²) in [7, 11) is 3.65. The summed E-state index contributed by atoms with van der Waals surface area (Å²) in [5.41, 5.74) is 11.2. The van der Waals surface area contributed by atoms with Crippen molar-refractivity contribution in [3.63, 3.8) is 0 Å². The van der Waals surface area contributed by atoms with E-state index >= 15 is 0 Å². The molecule has 4 nitrogen and oxygen atoms in total. The number of ether oxygens (including phenoxy) is 1. The lowest BCUT2D eigenvalue weighted by molar-refractivity contribution is 0.416. The van der Waals surface area contributed by atoms with Crippen LogP contribution in [0.25, 0.3) is 11.3 Å². The van der Waals surface area contributed by atoms with E-state index in [0.717, 1.165) is 23.4 Å². The second kappa shape index (κ2) is 5.45. The Morgan fingerprint density at radius 1 is 1.32 bits per heavy atom. The summed E-state index contributed by atoms with van der Waals surface area (Å²) in [4.78, 5) is 0. The minimum atomic E-state index is 0.630. The van der Waals surface area contributed by atoms with Crippen molar-refractivity contribution in [1.82, 2.24) is 9.78 Å². The highest BCUT2D eigenvalue weighted by Gasteiger charge is 2.16. The Labute approximate surface area is 114 Å². The standard InChI is InChI=1S/C15H21N3O/c1-10-5-6-14(19-4)12(9-10)15-11(2)13(7-8-16)18(3)17-15/h5-6,9H,7-8,16H2,1-4H3. The quantitative estimate of drug-likeness (QED) is 0.916. The van der Waals surface area contributed by atoms with Crippen LogP contribution < -0.4 is 10.5 Å². The number of nitrogens with two attached hydrogens (primary N) is 1. The van der Waals surface area contributed by atoms with Gasteiger partial charge in [-0.15, -0.1) is 0 Å². The average molecular weight is 259 g/mol. The zero-order valence-electron chi connectivity index (χ0n) is 12.0. The molecule has 0 aliphatic carbocycles. The molecule has 0 spiro atoms. The van der Waals surface area contributed by atoms with E-state index in [1.807, 2.05) is 23.9 Å². The largest absolute Gasteiger partial charge is 0.496 e. The Balaban J connectivity index is 2.59. The lowest BCUT2D eigenvalue weighted by Crippen LogP contribution is -2.08. The van der Waals surface area contributed by atoms with Crippen LogP contribution in [0, 0.1) is 13.8 Å². The molecule has 0 amide bonds. The Kier molecular flexibility index (Phi) is 3.90. The van der Waals surface area contributed by atoms with E-state index in [2.05, 4.69) is 25.0 Å². The first-order valence-electron chi connectivity index (χ1n) is 6.46. The number of hydrogen-bond donors (Lipinski definition) is 1. The van der Waals surface area contributed by atoms with Crippen molar-refractivity contribution >= 4 is 0 Å². The van der Waals surface area contributed by atoms with Gasteiger partial charge in [-0.25, -0.2) is 0 Å². The van der Waals surface area contributed by atoms with Crippen molar-refractivity contribution in [2.75, 3.05) is 13.7 Å². The van der Waals surface area contributed by atoms with E-state index in [1.165, 1.54) is 16.8 Å². The summed E-state index contributed by atoms with van der Waals surface area (Å²) in [6.45, 7) is 4.79. The Morgan fingerprint density at radius 2 is 2.05 bits per heavy atom. The van der Waals surface area contributed by atoms with Crippen LogP contribution in [-0.4, -0.2) is 23.4 Å². The number of aromatic nitrogens is 2. The van der Waals surface area contributed by atoms with E-state index in [9.17, 15) is 0 Å². The van der Waals surface area contributed by atoms with Crippen molar-refractivity contribution in [1.29, 1.82) is 0 Å². The SMILES string of the molecule is COc1ccc(C)cc1-c1nn(C)c(CCN)c1C. The molecule has 0 atom stereocenters. The fraction of sp³-hybridized carbons (Fsp3) is 0.400. The van der Waals surface area contributed by atoms with Crippen LogP contribution in [0.3, 0.4) is 0 Å². The number of hydrogen-bond acceptors (Lipinski definition) is 3. The van der Waals surface area contributed by atoms with Crippen LogP contribution in [0.15, 0.2) is 18.2 Å². The van der Waals surface area contributed by atoms with Gasteiger partial charge in [-0.3, -0.25) is 4.68 Å². The minimum Gasteiger partial charge on any atom is -0.496 e. The lowest BCUT2D eigenvalue weighted by atomic mass is 10.0. The highest BCUT2D eigenvalue weighted by atomic mass is 16.5. The molecular weight excluding hydrogens is 238 g/mol. The Bertz CT molecular complexity index is 587. The molecule has 0 aliphatic rings. The van der Waals surface area contributed by atoms with E-state index in [0.29, 0.717) is 6.54 Å². The molecule has 0 bridgehead atoms. The Hall–Kier alpha value is -1.81. The molecule has 2 N–H and O–H groups in total. The van der Waals surface area contributed by atoms with Gasteiger partial charge in [0.2, 0.25) is 0 Å². The van der Waals surface area contributed by atoms with Crippen molar-refractivity contribution in [2.24, 2.45) is 12.8 Å². The summed E-state index contributed by atoms with van der Waals surface area (Å²) in [6, 6.07) is 6.14. The van der Waals surface area contributed by atoms with E-state index in [1.54, 1.807) is 7.11 Å². The first-order valence-corrected chi connectivity index (χ1v) is 6.46. The maximum absolute atomic E-state index is 5.66. The maximum atomic E-state index is 5.66. The first-order chi connectivity index (χ1) is 9.08. The van der Waals surface area contributed by atoms with Crippen LogP contribution in [0.1, 0.15) is 16.8 Å². The molecular formula is C15H21N3O. The monoisotopic (exact) mass is 259 g/mol. The summed E-state index contributed by atoms with van der Waals surface area (Å²) < 4.78 is 7.36. The van der Waals surface area contributed by atoms with Crippen molar-refractivity contribution in [3.05, 3.63) is 35.0 Å². The van der Waals surface area contributed by atoms with Crippen LogP contribution in [0.2, 0.25) is 0 Å². The zero-order valence-corrected chi connectivity index (χ0v) is 12.0. The predicted octanol–water partition coefficient (Wildman–Crippen LogP) is 2.21. The number of rotatable bonds is 4. The molecule has 1 aromatic heterocycles. The Morgan fingerprint density at radius 3 is 2.68 bits per heavy atom. The first kappa shape index (κ1) is 13.6. The molecule has 102 valence electrons. The van der Waals surface area contributed by atoms with Crippen LogP contribution in [0.5, 0.6) is 5.75 Å². The number of benzene rings is 1. The van der Waals surface area contributed by atoms with Gasteiger partial charge in [0.25, 0.3) is 0 Å². The van der Waals surface area contributed by atoms with E-state index in [-0.39, 0.29) is 0 Å². The molecule has 0 unspecified atom stereocenters.